The highest BCUT2D eigenvalue weighted by Gasteiger charge is 2.27. The molecule has 1 saturated heterocycles. The number of carbonyl (C=O) groups is 4. The summed E-state index contributed by atoms with van der Waals surface area (Å²) in [5, 5.41) is 6.85. The second-order valence-corrected chi connectivity index (χ2v) is 7.02. The molecule has 0 aliphatic carbocycles. The number of aryl methyl sites for hydroxylation is 1. The Morgan fingerprint density at radius 3 is 2.41 bits per heavy atom. The Hall–Kier alpha value is -4.14. The second kappa shape index (κ2) is 9.78. The molecule has 3 N–H and O–H groups in total. The van der Waals surface area contributed by atoms with Crippen LogP contribution in [0.3, 0.4) is 0 Å². The Morgan fingerprint density at radius 1 is 1.00 bits per heavy atom. The van der Waals surface area contributed by atoms with E-state index in [1.54, 1.807) is 25.1 Å². The first-order chi connectivity index (χ1) is 15.3. The highest BCUT2D eigenvalue weighted by atomic mass is 16.5. The van der Waals surface area contributed by atoms with E-state index in [1.165, 1.54) is 6.08 Å². The Kier molecular flexibility index (Phi) is 6.89. The van der Waals surface area contributed by atoms with Gasteiger partial charge in [-0.1, -0.05) is 18.2 Å². The molecule has 32 heavy (non-hydrogen) atoms. The number of carbonyl (C=O) groups excluding carboxylic acids is 4. The van der Waals surface area contributed by atoms with Crippen LogP contribution in [0.1, 0.15) is 23.6 Å². The summed E-state index contributed by atoms with van der Waals surface area (Å²) >= 11 is 0. The molecule has 0 saturated carbocycles. The van der Waals surface area contributed by atoms with Gasteiger partial charge in [-0.15, -0.1) is 0 Å². The maximum Gasteiger partial charge on any atom is 0.328 e. The minimum Gasteiger partial charge on any atom is -0.490 e. The summed E-state index contributed by atoms with van der Waals surface area (Å²) in [6.45, 7) is 5.78. The van der Waals surface area contributed by atoms with Gasteiger partial charge in [0.1, 0.15) is 5.57 Å². The van der Waals surface area contributed by atoms with Gasteiger partial charge in [0.15, 0.2) is 18.1 Å². The Bertz CT molecular complexity index is 1100. The van der Waals surface area contributed by atoms with Crippen molar-refractivity contribution >= 4 is 35.5 Å². The van der Waals surface area contributed by atoms with Crippen LogP contribution in [0.25, 0.3) is 6.08 Å². The van der Waals surface area contributed by atoms with Gasteiger partial charge in [0.2, 0.25) is 0 Å². The number of nitrogens with one attached hydrogen (secondary N) is 3. The SMILES string of the molecule is CCOc1cc(C=C2C(=O)NC(=O)NC2=O)ccc1OCC(=O)Nc1cccc(C)c1C. The molecule has 0 radical (unpaired) electrons. The average molecular weight is 437 g/mol. The van der Waals surface area contributed by atoms with Gasteiger partial charge < -0.3 is 14.8 Å². The van der Waals surface area contributed by atoms with Gasteiger partial charge in [0.05, 0.1) is 6.61 Å². The van der Waals surface area contributed by atoms with Gasteiger partial charge >= 0.3 is 6.03 Å². The van der Waals surface area contributed by atoms with Gasteiger partial charge in [0.25, 0.3) is 17.7 Å². The van der Waals surface area contributed by atoms with Crippen LogP contribution < -0.4 is 25.4 Å². The van der Waals surface area contributed by atoms with Crippen LogP contribution in [0, 0.1) is 13.8 Å². The van der Waals surface area contributed by atoms with E-state index in [9.17, 15) is 19.2 Å². The number of hydrogen-bond donors (Lipinski definition) is 3. The van der Waals surface area contributed by atoms with Crippen molar-refractivity contribution in [2.24, 2.45) is 0 Å². The molecule has 0 atom stereocenters. The van der Waals surface area contributed by atoms with Gasteiger partial charge in [-0.2, -0.15) is 0 Å². The average Bonchev–Trinajstić information content (AvgIpc) is 2.73. The predicted molar refractivity (Wildman–Crippen MR) is 117 cm³/mol. The number of barbiturate groups is 1. The molecule has 2 aromatic rings. The standard InChI is InChI=1S/C23H23N3O6/c1-4-31-19-11-15(10-16-21(28)25-23(30)26-22(16)29)8-9-18(19)32-12-20(27)24-17-7-5-6-13(2)14(17)3/h5-11H,4,12H2,1-3H3,(H,24,27)(H2,25,26,28,29,30). The maximum atomic E-state index is 12.3. The summed E-state index contributed by atoms with van der Waals surface area (Å²) in [6.07, 6.45) is 1.33. The van der Waals surface area contributed by atoms with E-state index in [-0.39, 0.29) is 18.1 Å². The Labute approximate surface area is 184 Å². The number of ether oxygens (including phenoxy) is 2. The number of amides is 5. The fourth-order valence-electron chi connectivity index (χ4n) is 2.99. The zero-order valence-corrected chi connectivity index (χ0v) is 17.9. The largest absolute Gasteiger partial charge is 0.490 e. The molecule has 1 heterocycles. The van der Waals surface area contributed by atoms with Crippen molar-refractivity contribution in [2.45, 2.75) is 20.8 Å². The van der Waals surface area contributed by atoms with Crippen molar-refractivity contribution in [1.29, 1.82) is 0 Å². The molecule has 0 aromatic heterocycles. The van der Waals surface area contributed by atoms with Crippen LogP contribution in [0.5, 0.6) is 11.5 Å². The fourth-order valence-corrected chi connectivity index (χ4v) is 2.99. The van der Waals surface area contributed by atoms with Crippen LogP contribution in [-0.4, -0.2) is 37.0 Å². The first-order valence-electron chi connectivity index (χ1n) is 9.92. The molecule has 0 bridgehead atoms. The molecule has 0 spiro atoms. The van der Waals surface area contributed by atoms with Crippen molar-refractivity contribution in [3.05, 3.63) is 58.7 Å². The summed E-state index contributed by atoms with van der Waals surface area (Å²) in [5.74, 6) is -1.24. The molecule has 9 heteroatoms. The summed E-state index contributed by atoms with van der Waals surface area (Å²) in [6, 6.07) is 9.53. The molecule has 3 rings (SSSR count). The highest BCUT2D eigenvalue weighted by molar-refractivity contribution is 6.31. The minimum absolute atomic E-state index is 0.214. The summed E-state index contributed by atoms with van der Waals surface area (Å²) in [7, 11) is 0. The molecule has 2 aromatic carbocycles. The second-order valence-electron chi connectivity index (χ2n) is 7.02. The predicted octanol–water partition coefficient (Wildman–Crippen LogP) is 2.47. The van der Waals surface area contributed by atoms with E-state index in [2.05, 4.69) is 5.32 Å². The highest BCUT2D eigenvalue weighted by Crippen LogP contribution is 2.29. The van der Waals surface area contributed by atoms with Crippen LogP contribution in [0.15, 0.2) is 42.0 Å². The lowest BCUT2D eigenvalue weighted by molar-refractivity contribution is -0.124. The van der Waals surface area contributed by atoms with Gasteiger partial charge in [-0.3, -0.25) is 25.0 Å². The molecule has 166 valence electrons. The monoisotopic (exact) mass is 437 g/mol. The first kappa shape index (κ1) is 22.5. The quantitative estimate of drug-likeness (QED) is 0.452. The Morgan fingerprint density at radius 2 is 1.72 bits per heavy atom. The van der Waals surface area contributed by atoms with E-state index >= 15 is 0 Å². The van der Waals surface area contributed by atoms with Crippen molar-refractivity contribution in [1.82, 2.24) is 10.6 Å². The van der Waals surface area contributed by atoms with Crippen LogP contribution in [0.4, 0.5) is 10.5 Å². The molecule has 1 aliphatic heterocycles. The van der Waals surface area contributed by atoms with E-state index < -0.39 is 17.8 Å². The third-order valence-electron chi connectivity index (χ3n) is 4.76. The van der Waals surface area contributed by atoms with Crippen LogP contribution in [0.2, 0.25) is 0 Å². The number of anilines is 1. The molecule has 0 unspecified atom stereocenters. The number of urea groups is 1. The minimum atomic E-state index is -0.866. The van der Waals surface area contributed by atoms with Crippen LogP contribution in [-0.2, 0) is 14.4 Å². The molecule has 5 amide bonds. The molecular formula is C23H23N3O6. The fraction of sp³-hybridized carbons (Fsp3) is 0.217. The first-order valence-corrected chi connectivity index (χ1v) is 9.92. The van der Waals surface area contributed by atoms with E-state index in [1.807, 2.05) is 42.7 Å². The summed E-state index contributed by atoms with van der Waals surface area (Å²) < 4.78 is 11.2. The molecule has 1 aliphatic rings. The van der Waals surface area contributed by atoms with Crippen LogP contribution >= 0.6 is 0 Å². The van der Waals surface area contributed by atoms with Crippen molar-refractivity contribution in [2.75, 3.05) is 18.5 Å². The van der Waals surface area contributed by atoms with Gasteiger partial charge in [0, 0.05) is 5.69 Å². The smallest absolute Gasteiger partial charge is 0.328 e. The number of imide groups is 2. The maximum absolute atomic E-state index is 12.3. The van der Waals surface area contributed by atoms with Crippen molar-refractivity contribution in [3.8, 4) is 11.5 Å². The third-order valence-corrected chi connectivity index (χ3v) is 4.76. The molecule has 9 nitrogen and oxygen atoms in total. The summed E-state index contributed by atoms with van der Waals surface area (Å²) in [5.41, 5.74) is 3.03. The lowest BCUT2D eigenvalue weighted by Gasteiger charge is -2.15. The van der Waals surface area contributed by atoms with E-state index in [0.29, 0.717) is 29.4 Å². The van der Waals surface area contributed by atoms with Crippen molar-refractivity contribution in [3.63, 3.8) is 0 Å². The molecular weight excluding hydrogens is 414 g/mol. The van der Waals surface area contributed by atoms with E-state index in [4.69, 9.17) is 9.47 Å². The third kappa shape index (κ3) is 5.31. The molecule has 1 fully saturated rings. The number of rotatable bonds is 7. The Balaban J connectivity index is 1.73. The lowest BCUT2D eigenvalue weighted by Crippen LogP contribution is -2.51. The van der Waals surface area contributed by atoms with E-state index in [0.717, 1.165) is 11.1 Å². The van der Waals surface area contributed by atoms with Crippen molar-refractivity contribution < 1.29 is 28.7 Å². The number of benzene rings is 2. The zero-order valence-electron chi connectivity index (χ0n) is 17.9. The van der Waals surface area contributed by atoms with Gasteiger partial charge in [-0.05, 0) is 61.7 Å². The summed E-state index contributed by atoms with van der Waals surface area (Å²) in [4.78, 5) is 47.3. The number of hydrogen-bond acceptors (Lipinski definition) is 6. The zero-order chi connectivity index (χ0) is 23.3. The lowest BCUT2D eigenvalue weighted by atomic mass is 10.1. The topological polar surface area (TPSA) is 123 Å². The van der Waals surface area contributed by atoms with Gasteiger partial charge in [-0.25, -0.2) is 4.79 Å². The normalized spacial score (nSPS) is 13.2.